The molecule has 1 unspecified atom stereocenters. The largest absolute Gasteiger partial charge is 0.491 e. The van der Waals surface area contributed by atoms with Crippen molar-refractivity contribution < 1.29 is 80.9 Å². The summed E-state index contributed by atoms with van der Waals surface area (Å²) in [4.78, 5) is 25.2. The summed E-state index contributed by atoms with van der Waals surface area (Å²) < 4.78 is 187. The third kappa shape index (κ3) is 10.4. The molecule has 292 valence electrons. The van der Waals surface area contributed by atoms with Crippen LogP contribution in [-0.2, 0) is 22.4 Å². The zero-order valence-electron chi connectivity index (χ0n) is 27.6. The molecular formula is C34H35F13O5. The first-order valence-electron chi connectivity index (χ1n) is 16.3. The number of alkyl halides is 12. The molecule has 18 heteroatoms. The van der Waals surface area contributed by atoms with Crippen LogP contribution < -0.4 is 9.47 Å². The number of carbonyl (C=O) groups excluding carboxylic acids is 2. The van der Waals surface area contributed by atoms with Crippen molar-refractivity contribution in [2.24, 2.45) is 5.92 Å². The van der Waals surface area contributed by atoms with Crippen LogP contribution in [0.25, 0.3) is 0 Å². The lowest BCUT2D eigenvalue weighted by atomic mass is 9.88. The van der Waals surface area contributed by atoms with Crippen LogP contribution >= 0.6 is 0 Å². The van der Waals surface area contributed by atoms with Crippen molar-refractivity contribution in [3.8, 4) is 11.5 Å². The minimum atomic E-state index is -6.99. The summed E-state index contributed by atoms with van der Waals surface area (Å²) in [5.74, 6) is -25.8. The molecule has 2 aromatic carbocycles. The number of hydrogen-bond acceptors (Lipinski definition) is 5. The van der Waals surface area contributed by atoms with E-state index in [1.807, 2.05) is 6.92 Å². The van der Waals surface area contributed by atoms with Crippen LogP contribution in [0.5, 0.6) is 11.5 Å². The van der Waals surface area contributed by atoms with Gasteiger partial charge in [-0.3, -0.25) is 4.79 Å². The fraction of sp³-hybridized carbons (Fsp3) is 0.588. The quantitative estimate of drug-likeness (QED) is 0.0694. The summed E-state index contributed by atoms with van der Waals surface area (Å²) in [5.41, 5.74) is 1.32. The van der Waals surface area contributed by atoms with Gasteiger partial charge in [-0.1, -0.05) is 38.7 Å². The Morgan fingerprint density at radius 2 is 1.50 bits per heavy atom. The molecule has 0 heterocycles. The highest BCUT2D eigenvalue weighted by molar-refractivity contribution is 5.91. The van der Waals surface area contributed by atoms with Crippen LogP contribution in [0.1, 0.15) is 86.2 Å². The van der Waals surface area contributed by atoms with Crippen LogP contribution in [0.3, 0.4) is 0 Å². The average molecular weight is 771 g/mol. The Hall–Kier alpha value is -3.73. The number of unbranched alkanes of at least 4 members (excludes halogenated alkanes) is 4. The minimum absolute atomic E-state index is 0.0366. The van der Waals surface area contributed by atoms with Gasteiger partial charge in [0.15, 0.2) is 17.5 Å². The molecule has 0 radical (unpaired) electrons. The fourth-order valence-corrected chi connectivity index (χ4v) is 5.41. The van der Waals surface area contributed by atoms with E-state index < -0.39 is 91.5 Å². The van der Waals surface area contributed by atoms with Crippen molar-refractivity contribution >= 4 is 11.9 Å². The first kappa shape index (κ1) is 42.7. The van der Waals surface area contributed by atoms with Gasteiger partial charge in [0.25, 0.3) is 0 Å². The number of carbonyl (C=O) groups is 2. The molecule has 0 aromatic heterocycles. The Kier molecular flexibility index (Phi) is 13.9. The molecule has 52 heavy (non-hydrogen) atoms. The summed E-state index contributed by atoms with van der Waals surface area (Å²) in [7, 11) is 0. The van der Waals surface area contributed by atoms with Gasteiger partial charge in [0.1, 0.15) is 11.9 Å². The lowest BCUT2D eigenvalue weighted by molar-refractivity contribution is -0.396. The van der Waals surface area contributed by atoms with Crippen molar-refractivity contribution in [1.82, 2.24) is 0 Å². The van der Waals surface area contributed by atoms with E-state index in [1.165, 1.54) is 18.2 Å². The smallest absolute Gasteiger partial charge is 0.460 e. The number of ether oxygens (including phenoxy) is 3. The zero-order chi connectivity index (χ0) is 39.1. The van der Waals surface area contributed by atoms with Gasteiger partial charge >= 0.3 is 42.1 Å². The molecule has 0 fully saturated rings. The maximum absolute atomic E-state index is 14.5. The van der Waals surface area contributed by atoms with Crippen LogP contribution in [0.2, 0.25) is 0 Å². The second kappa shape index (κ2) is 16.9. The summed E-state index contributed by atoms with van der Waals surface area (Å²) in [6.45, 7) is 1.29. The van der Waals surface area contributed by atoms with Gasteiger partial charge in [-0.05, 0) is 67.5 Å². The van der Waals surface area contributed by atoms with E-state index >= 15 is 0 Å². The number of rotatable bonds is 17. The summed E-state index contributed by atoms with van der Waals surface area (Å²) in [6, 6.07) is 7.12. The first-order chi connectivity index (χ1) is 24.0. The van der Waals surface area contributed by atoms with Crippen molar-refractivity contribution in [2.75, 3.05) is 6.61 Å². The van der Waals surface area contributed by atoms with E-state index in [9.17, 15) is 66.7 Å². The SMILES string of the molecule is CCCCCC[C@@H](C(=O)OC1CCc2cc(C(=O)Oc3ccc(OCCCCC(F)(F)C(F)(F)C(F)(F)C(F)(F)F)c(F)c3)ccc2C1)C(F)(F)F. The number of halogens is 13. The molecule has 0 saturated heterocycles. The number of fused-ring (bicyclic) bond motifs is 1. The zero-order valence-corrected chi connectivity index (χ0v) is 27.6. The minimum Gasteiger partial charge on any atom is -0.491 e. The second-order valence-corrected chi connectivity index (χ2v) is 12.4. The monoisotopic (exact) mass is 770 g/mol. The van der Waals surface area contributed by atoms with Gasteiger partial charge in [-0.2, -0.15) is 52.7 Å². The predicted octanol–water partition coefficient (Wildman–Crippen LogP) is 10.6. The van der Waals surface area contributed by atoms with E-state index in [0.29, 0.717) is 17.5 Å². The molecule has 0 aliphatic heterocycles. The number of esters is 2. The van der Waals surface area contributed by atoms with E-state index in [0.717, 1.165) is 31.0 Å². The predicted molar refractivity (Wildman–Crippen MR) is 158 cm³/mol. The Morgan fingerprint density at radius 3 is 2.12 bits per heavy atom. The Bertz CT molecular complexity index is 1520. The lowest BCUT2D eigenvalue weighted by Crippen LogP contribution is -2.60. The third-order valence-corrected chi connectivity index (χ3v) is 8.40. The van der Waals surface area contributed by atoms with Crippen LogP contribution in [0, 0.1) is 11.7 Å². The first-order valence-corrected chi connectivity index (χ1v) is 16.3. The molecule has 1 aliphatic rings. The number of hydrogen-bond donors (Lipinski definition) is 0. The van der Waals surface area contributed by atoms with E-state index in [4.69, 9.17) is 14.2 Å². The fourth-order valence-electron chi connectivity index (χ4n) is 5.41. The molecule has 0 spiro atoms. The molecule has 3 rings (SSSR count). The van der Waals surface area contributed by atoms with Crippen molar-refractivity contribution in [3.63, 3.8) is 0 Å². The van der Waals surface area contributed by atoms with Crippen molar-refractivity contribution in [3.05, 3.63) is 58.9 Å². The van der Waals surface area contributed by atoms with Crippen molar-refractivity contribution in [2.45, 2.75) is 114 Å². The lowest BCUT2D eigenvalue weighted by Gasteiger charge is -2.33. The Labute approximate surface area is 289 Å². The maximum Gasteiger partial charge on any atom is 0.460 e. The highest BCUT2D eigenvalue weighted by Crippen LogP contribution is 2.54. The molecule has 0 N–H and O–H groups in total. The van der Waals surface area contributed by atoms with Crippen LogP contribution in [0.4, 0.5) is 57.1 Å². The maximum atomic E-state index is 14.5. The topological polar surface area (TPSA) is 61.8 Å². The highest BCUT2D eigenvalue weighted by Gasteiger charge is 2.81. The van der Waals surface area contributed by atoms with Gasteiger partial charge < -0.3 is 14.2 Å². The van der Waals surface area contributed by atoms with Crippen molar-refractivity contribution in [1.29, 1.82) is 0 Å². The van der Waals surface area contributed by atoms with Gasteiger partial charge in [0.2, 0.25) is 0 Å². The van der Waals surface area contributed by atoms with Gasteiger partial charge in [0, 0.05) is 18.9 Å². The van der Waals surface area contributed by atoms with E-state index in [2.05, 4.69) is 0 Å². The molecule has 2 atom stereocenters. The normalized spacial score (nSPS) is 16.2. The molecule has 1 aliphatic carbocycles. The molecule has 5 nitrogen and oxygen atoms in total. The van der Waals surface area contributed by atoms with E-state index in [-0.39, 0.29) is 43.4 Å². The third-order valence-electron chi connectivity index (χ3n) is 8.40. The van der Waals surface area contributed by atoms with E-state index in [1.54, 1.807) is 0 Å². The number of aryl methyl sites for hydroxylation is 1. The highest BCUT2D eigenvalue weighted by atomic mass is 19.4. The van der Waals surface area contributed by atoms with Crippen LogP contribution in [0.15, 0.2) is 36.4 Å². The summed E-state index contributed by atoms with van der Waals surface area (Å²) >= 11 is 0. The van der Waals surface area contributed by atoms with Gasteiger partial charge in [-0.15, -0.1) is 0 Å². The summed E-state index contributed by atoms with van der Waals surface area (Å²) in [5, 5.41) is 0. The average Bonchev–Trinajstić information content (AvgIpc) is 3.03. The molecular weight excluding hydrogens is 735 g/mol. The second-order valence-electron chi connectivity index (χ2n) is 12.4. The molecule has 2 aromatic rings. The van der Waals surface area contributed by atoms with Gasteiger partial charge in [0.05, 0.1) is 12.2 Å². The Balaban J connectivity index is 1.51. The summed E-state index contributed by atoms with van der Waals surface area (Å²) in [6.07, 6.45) is -13.5. The molecule has 0 amide bonds. The standard InChI is InChI=1S/C34H35F13O5/c1-2-3-4-5-8-25(31(38,39)40)29(49)52-23-12-11-20-17-22(10-9-21(20)18-23)28(48)51-24-13-14-27(26(35)19-24)50-16-7-6-15-30(36,37)32(41,42)33(43,44)34(45,46)47/h9-10,13-14,17,19,23,25H,2-8,11-12,15-16,18H2,1H3/t23?,25-/m0/s1. The molecule has 0 bridgehead atoms. The number of benzene rings is 2. The molecule has 0 saturated carbocycles. The Morgan fingerprint density at radius 1 is 0.808 bits per heavy atom. The van der Waals surface area contributed by atoms with Crippen LogP contribution in [-0.4, -0.2) is 54.8 Å². The van der Waals surface area contributed by atoms with Gasteiger partial charge in [-0.25, -0.2) is 9.18 Å².